The smallest absolute Gasteiger partial charge is 0.338 e. The summed E-state index contributed by atoms with van der Waals surface area (Å²) in [6.07, 6.45) is 1.95. The van der Waals surface area contributed by atoms with Gasteiger partial charge in [0.2, 0.25) is 0 Å². The zero-order chi connectivity index (χ0) is 16.6. The summed E-state index contributed by atoms with van der Waals surface area (Å²) in [5.74, 6) is -0.374. The molecule has 1 N–H and O–H groups in total. The minimum atomic E-state index is -0.492. The van der Waals surface area contributed by atoms with Crippen molar-refractivity contribution in [1.29, 1.82) is 0 Å². The van der Waals surface area contributed by atoms with Crippen LogP contribution in [-0.2, 0) is 9.53 Å². The number of halogens is 1. The van der Waals surface area contributed by atoms with Gasteiger partial charge in [-0.1, -0.05) is 28.1 Å². The summed E-state index contributed by atoms with van der Waals surface area (Å²) >= 11 is 3.44. The number of esters is 1. The third-order valence-corrected chi connectivity index (χ3v) is 4.61. The first kappa shape index (κ1) is 16.1. The average Bonchev–Trinajstić information content (AvgIpc) is 3.31. The number of hydrogen-bond acceptors (Lipinski definition) is 3. The van der Waals surface area contributed by atoms with Crippen molar-refractivity contribution in [3.05, 3.63) is 45.6 Å². The van der Waals surface area contributed by atoms with E-state index in [9.17, 15) is 9.59 Å². The second kappa shape index (κ2) is 6.35. The van der Waals surface area contributed by atoms with Crippen LogP contribution in [0.15, 0.2) is 40.0 Å². The molecule has 1 aliphatic heterocycles. The van der Waals surface area contributed by atoms with Crippen LogP contribution >= 0.6 is 15.9 Å². The van der Waals surface area contributed by atoms with Crippen LogP contribution in [0.2, 0.25) is 0 Å². The molecule has 1 atom stereocenters. The van der Waals surface area contributed by atoms with Crippen LogP contribution in [0.4, 0.5) is 4.79 Å². The van der Waals surface area contributed by atoms with Gasteiger partial charge in [0, 0.05) is 16.2 Å². The van der Waals surface area contributed by atoms with Gasteiger partial charge < -0.3 is 10.1 Å². The van der Waals surface area contributed by atoms with Gasteiger partial charge in [0.15, 0.2) is 0 Å². The molecule has 1 aliphatic carbocycles. The third kappa shape index (κ3) is 3.13. The number of amides is 2. The lowest BCUT2D eigenvalue weighted by atomic mass is 9.95. The van der Waals surface area contributed by atoms with E-state index in [0.717, 1.165) is 22.9 Å². The number of allylic oxidation sites excluding steroid dienone is 1. The molecule has 1 fully saturated rings. The predicted octanol–water partition coefficient (Wildman–Crippen LogP) is 3.51. The van der Waals surface area contributed by atoms with Gasteiger partial charge in [-0.05, 0) is 44.4 Å². The highest BCUT2D eigenvalue weighted by atomic mass is 79.9. The third-order valence-electron chi connectivity index (χ3n) is 4.12. The number of carbonyl (C=O) groups excluding carboxylic acids is 2. The molecule has 2 aliphatic rings. The number of rotatable bonds is 4. The molecular weight excluding hydrogens is 360 g/mol. The fourth-order valence-corrected chi connectivity index (χ4v) is 3.36. The summed E-state index contributed by atoms with van der Waals surface area (Å²) in [6, 6.07) is 7.15. The minimum absolute atomic E-state index is 0.150. The lowest BCUT2D eigenvalue weighted by Gasteiger charge is -2.35. The molecule has 122 valence electrons. The highest BCUT2D eigenvalue weighted by Gasteiger charge is 2.42. The highest BCUT2D eigenvalue weighted by Crippen LogP contribution is 2.38. The average molecular weight is 379 g/mol. The molecule has 3 rings (SSSR count). The van der Waals surface area contributed by atoms with Crippen molar-refractivity contribution in [3.63, 3.8) is 0 Å². The largest absolute Gasteiger partial charge is 0.463 e. The molecule has 0 saturated heterocycles. The Kier molecular flexibility index (Phi) is 4.43. The summed E-state index contributed by atoms with van der Waals surface area (Å²) in [5, 5.41) is 2.96. The summed E-state index contributed by atoms with van der Waals surface area (Å²) in [4.78, 5) is 26.7. The highest BCUT2D eigenvalue weighted by molar-refractivity contribution is 9.10. The Morgan fingerprint density at radius 2 is 2.17 bits per heavy atom. The zero-order valence-electron chi connectivity index (χ0n) is 13.1. The first-order chi connectivity index (χ1) is 11.0. The van der Waals surface area contributed by atoms with Gasteiger partial charge in [0.05, 0.1) is 18.2 Å². The van der Waals surface area contributed by atoms with Gasteiger partial charge in [-0.2, -0.15) is 0 Å². The summed E-state index contributed by atoms with van der Waals surface area (Å²) < 4.78 is 6.13. The van der Waals surface area contributed by atoms with Gasteiger partial charge in [-0.3, -0.25) is 4.90 Å². The van der Waals surface area contributed by atoms with Gasteiger partial charge in [0.1, 0.15) is 0 Å². The fraction of sp³-hybridized carbons (Fsp3) is 0.412. The van der Waals surface area contributed by atoms with Crippen molar-refractivity contribution in [2.45, 2.75) is 38.8 Å². The maximum atomic E-state index is 12.5. The van der Waals surface area contributed by atoms with Crippen LogP contribution in [0, 0.1) is 0 Å². The summed E-state index contributed by atoms with van der Waals surface area (Å²) in [6.45, 7) is 3.91. The molecule has 1 aromatic rings. The standard InChI is InChI=1S/C17H19BrN2O3/c1-3-23-16(21)14-10(2)20(13-7-8-13)17(22)19-15(14)11-5-4-6-12(18)9-11/h4-6,9,13,15H,3,7-8H2,1-2H3,(H,19,22)/t15-/m1/s1. The van der Waals surface area contributed by atoms with E-state index in [0.29, 0.717) is 17.9 Å². The molecular formula is C17H19BrN2O3. The molecule has 6 heteroatoms. The molecule has 0 aromatic heterocycles. The van der Waals surface area contributed by atoms with Crippen molar-refractivity contribution in [2.24, 2.45) is 0 Å². The number of nitrogens with one attached hydrogen (secondary N) is 1. The van der Waals surface area contributed by atoms with E-state index in [-0.39, 0.29) is 18.0 Å². The number of carbonyl (C=O) groups is 2. The molecule has 5 nitrogen and oxygen atoms in total. The molecule has 1 saturated carbocycles. The lowest BCUT2D eigenvalue weighted by molar-refractivity contribution is -0.139. The molecule has 0 bridgehead atoms. The van der Waals surface area contributed by atoms with Crippen LogP contribution in [-0.4, -0.2) is 29.5 Å². The van der Waals surface area contributed by atoms with Gasteiger partial charge in [0.25, 0.3) is 0 Å². The SMILES string of the molecule is CCOC(=O)C1=C(C)N(C2CC2)C(=O)N[C@@H]1c1cccc(Br)c1. The van der Waals surface area contributed by atoms with Gasteiger partial charge >= 0.3 is 12.0 Å². The maximum Gasteiger partial charge on any atom is 0.338 e. The first-order valence-corrected chi connectivity index (χ1v) is 8.55. The molecule has 0 spiro atoms. The van der Waals surface area contributed by atoms with E-state index in [1.165, 1.54) is 0 Å². The summed E-state index contributed by atoms with van der Waals surface area (Å²) in [5.41, 5.74) is 2.06. The van der Waals surface area contributed by atoms with Crippen LogP contribution in [0.25, 0.3) is 0 Å². The van der Waals surface area contributed by atoms with E-state index in [4.69, 9.17) is 4.74 Å². The molecule has 1 aromatic carbocycles. The molecule has 0 radical (unpaired) electrons. The maximum absolute atomic E-state index is 12.5. The second-order valence-corrected chi connectivity index (χ2v) is 6.67. The van der Waals surface area contributed by atoms with Gasteiger partial charge in [-0.15, -0.1) is 0 Å². The Hall–Kier alpha value is -1.82. The van der Waals surface area contributed by atoms with E-state index in [2.05, 4.69) is 21.2 Å². The molecule has 0 unspecified atom stereocenters. The zero-order valence-corrected chi connectivity index (χ0v) is 14.7. The van der Waals surface area contributed by atoms with E-state index in [1.807, 2.05) is 31.2 Å². The van der Waals surface area contributed by atoms with Crippen molar-refractivity contribution in [2.75, 3.05) is 6.61 Å². The number of hydrogen-bond donors (Lipinski definition) is 1. The first-order valence-electron chi connectivity index (χ1n) is 7.76. The number of ether oxygens (including phenoxy) is 1. The van der Waals surface area contributed by atoms with Crippen molar-refractivity contribution < 1.29 is 14.3 Å². The Labute approximate surface area is 143 Å². The Morgan fingerprint density at radius 1 is 1.43 bits per heavy atom. The molecule has 1 heterocycles. The van der Waals surface area contributed by atoms with E-state index >= 15 is 0 Å². The number of urea groups is 1. The lowest BCUT2D eigenvalue weighted by Crippen LogP contribution is -2.48. The van der Waals surface area contributed by atoms with Crippen LogP contribution in [0.5, 0.6) is 0 Å². The monoisotopic (exact) mass is 378 g/mol. The van der Waals surface area contributed by atoms with Crippen LogP contribution < -0.4 is 5.32 Å². The number of benzene rings is 1. The van der Waals surface area contributed by atoms with E-state index < -0.39 is 6.04 Å². The Bertz CT molecular complexity index is 682. The normalized spacial score (nSPS) is 21.3. The topological polar surface area (TPSA) is 58.6 Å². The molecule has 23 heavy (non-hydrogen) atoms. The predicted molar refractivity (Wildman–Crippen MR) is 89.6 cm³/mol. The Morgan fingerprint density at radius 3 is 2.78 bits per heavy atom. The van der Waals surface area contributed by atoms with E-state index in [1.54, 1.807) is 11.8 Å². The summed E-state index contributed by atoms with van der Waals surface area (Å²) in [7, 11) is 0. The Balaban J connectivity index is 2.06. The van der Waals surface area contributed by atoms with Gasteiger partial charge in [-0.25, -0.2) is 9.59 Å². The minimum Gasteiger partial charge on any atom is -0.463 e. The molecule has 2 amide bonds. The van der Waals surface area contributed by atoms with Crippen LogP contribution in [0.1, 0.15) is 38.3 Å². The number of nitrogens with zero attached hydrogens (tertiary/aromatic N) is 1. The van der Waals surface area contributed by atoms with Crippen molar-refractivity contribution >= 4 is 27.9 Å². The van der Waals surface area contributed by atoms with Crippen molar-refractivity contribution in [3.8, 4) is 0 Å². The second-order valence-electron chi connectivity index (χ2n) is 5.76. The van der Waals surface area contributed by atoms with Crippen molar-refractivity contribution in [1.82, 2.24) is 10.2 Å². The fourth-order valence-electron chi connectivity index (χ4n) is 2.94. The van der Waals surface area contributed by atoms with Crippen LogP contribution in [0.3, 0.4) is 0 Å². The quantitative estimate of drug-likeness (QED) is 0.815.